The van der Waals surface area contributed by atoms with E-state index in [4.69, 9.17) is 10.5 Å². The number of carbonyl (C=O) groups is 1. The van der Waals surface area contributed by atoms with Gasteiger partial charge in [-0.1, -0.05) is 18.2 Å². The molecule has 4 heteroatoms. The van der Waals surface area contributed by atoms with E-state index in [-0.39, 0.29) is 5.91 Å². The predicted octanol–water partition coefficient (Wildman–Crippen LogP) is 0.837. The zero-order valence-corrected chi connectivity index (χ0v) is 9.69. The van der Waals surface area contributed by atoms with Crippen molar-refractivity contribution in [2.45, 2.75) is 20.0 Å². The van der Waals surface area contributed by atoms with E-state index >= 15 is 0 Å². The largest absolute Gasteiger partial charge is 0.481 e. The second-order valence-electron chi connectivity index (χ2n) is 3.61. The van der Waals surface area contributed by atoms with Gasteiger partial charge < -0.3 is 15.8 Å². The van der Waals surface area contributed by atoms with Gasteiger partial charge in [-0.05, 0) is 25.5 Å². The zero-order valence-electron chi connectivity index (χ0n) is 9.69. The highest BCUT2D eigenvalue weighted by Crippen LogP contribution is 2.17. The number of aryl methyl sites for hydroxylation is 1. The molecule has 0 spiro atoms. The summed E-state index contributed by atoms with van der Waals surface area (Å²) < 4.78 is 5.55. The van der Waals surface area contributed by atoms with Crippen molar-refractivity contribution in [3.63, 3.8) is 0 Å². The van der Waals surface area contributed by atoms with Crippen LogP contribution in [0.25, 0.3) is 0 Å². The molecule has 3 N–H and O–H groups in total. The first-order valence-electron chi connectivity index (χ1n) is 5.35. The van der Waals surface area contributed by atoms with E-state index in [9.17, 15) is 4.79 Å². The molecule has 0 aliphatic carbocycles. The van der Waals surface area contributed by atoms with Crippen LogP contribution in [-0.2, 0) is 4.79 Å². The van der Waals surface area contributed by atoms with Crippen LogP contribution in [0.5, 0.6) is 5.75 Å². The van der Waals surface area contributed by atoms with Gasteiger partial charge in [-0.2, -0.15) is 0 Å². The highest BCUT2D eigenvalue weighted by atomic mass is 16.5. The molecule has 0 heterocycles. The third kappa shape index (κ3) is 3.55. The number of amides is 1. The van der Waals surface area contributed by atoms with Crippen molar-refractivity contribution >= 4 is 5.91 Å². The van der Waals surface area contributed by atoms with Crippen molar-refractivity contribution in [2.75, 3.05) is 13.1 Å². The predicted molar refractivity (Wildman–Crippen MR) is 63.3 cm³/mol. The number of nitrogens with one attached hydrogen (secondary N) is 1. The number of hydrogen-bond donors (Lipinski definition) is 2. The van der Waals surface area contributed by atoms with E-state index in [1.54, 1.807) is 6.92 Å². The lowest BCUT2D eigenvalue weighted by molar-refractivity contribution is -0.127. The van der Waals surface area contributed by atoms with E-state index in [0.29, 0.717) is 13.1 Å². The molecular formula is C12H18N2O2. The number of ether oxygens (including phenoxy) is 1. The summed E-state index contributed by atoms with van der Waals surface area (Å²) in [6.07, 6.45) is -0.507. The number of para-hydroxylation sites is 1. The lowest BCUT2D eigenvalue weighted by Crippen LogP contribution is -2.38. The number of benzene rings is 1. The molecule has 1 amide bonds. The maximum Gasteiger partial charge on any atom is 0.260 e. The summed E-state index contributed by atoms with van der Waals surface area (Å²) in [7, 11) is 0. The van der Waals surface area contributed by atoms with Gasteiger partial charge in [0.25, 0.3) is 5.91 Å². The first kappa shape index (κ1) is 12.5. The van der Waals surface area contributed by atoms with E-state index in [0.717, 1.165) is 11.3 Å². The molecule has 0 fully saturated rings. The van der Waals surface area contributed by atoms with Crippen molar-refractivity contribution in [3.05, 3.63) is 29.8 Å². The minimum absolute atomic E-state index is 0.145. The molecule has 1 aromatic carbocycles. The third-order valence-corrected chi connectivity index (χ3v) is 2.21. The lowest BCUT2D eigenvalue weighted by Gasteiger charge is -2.15. The Bertz CT molecular complexity index is 353. The Balaban J connectivity index is 2.54. The monoisotopic (exact) mass is 222 g/mol. The topological polar surface area (TPSA) is 64.3 Å². The Morgan fingerprint density at radius 2 is 2.19 bits per heavy atom. The van der Waals surface area contributed by atoms with E-state index in [2.05, 4.69) is 5.32 Å². The minimum atomic E-state index is -0.507. The van der Waals surface area contributed by atoms with Crippen molar-refractivity contribution in [2.24, 2.45) is 5.73 Å². The molecule has 4 nitrogen and oxygen atoms in total. The van der Waals surface area contributed by atoms with Crippen molar-refractivity contribution in [1.29, 1.82) is 0 Å². The fourth-order valence-corrected chi connectivity index (χ4v) is 1.27. The van der Waals surface area contributed by atoms with Gasteiger partial charge in [-0.3, -0.25) is 4.79 Å². The number of hydrogen-bond acceptors (Lipinski definition) is 3. The molecule has 0 saturated heterocycles. The van der Waals surface area contributed by atoms with Gasteiger partial charge in [0.05, 0.1) is 0 Å². The number of carbonyl (C=O) groups excluding carboxylic acids is 1. The molecular weight excluding hydrogens is 204 g/mol. The van der Waals surface area contributed by atoms with Gasteiger partial charge >= 0.3 is 0 Å². The molecule has 88 valence electrons. The highest BCUT2D eigenvalue weighted by molar-refractivity contribution is 5.80. The summed E-state index contributed by atoms with van der Waals surface area (Å²) in [4.78, 5) is 11.5. The van der Waals surface area contributed by atoms with Crippen molar-refractivity contribution in [1.82, 2.24) is 5.32 Å². The van der Waals surface area contributed by atoms with E-state index in [1.165, 1.54) is 0 Å². The molecule has 0 aromatic heterocycles. The molecule has 16 heavy (non-hydrogen) atoms. The summed E-state index contributed by atoms with van der Waals surface area (Å²) in [6, 6.07) is 7.61. The fourth-order valence-electron chi connectivity index (χ4n) is 1.27. The van der Waals surface area contributed by atoms with Gasteiger partial charge in [-0.15, -0.1) is 0 Å². The quantitative estimate of drug-likeness (QED) is 0.776. The van der Waals surface area contributed by atoms with Gasteiger partial charge in [-0.25, -0.2) is 0 Å². The molecule has 1 unspecified atom stereocenters. The van der Waals surface area contributed by atoms with Gasteiger partial charge in [0.2, 0.25) is 0 Å². The van der Waals surface area contributed by atoms with Crippen LogP contribution in [0.1, 0.15) is 12.5 Å². The van der Waals surface area contributed by atoms with Gasteiger partial charge in [0.15, 0.2) is 6.10 Å². The molecule has 1 atom stereocenters. The van der Waals surface area contributed by atoms with E-state index < -0.39 is 6.10 Å². The van der Waals surface area contributed by atoms with Crippen LogP contribution in [0, 0.1) is 6.92 Å². The molecule has 0 aliphatic rings. The van der Waals surface area contributed by atoms with Crippen LogP contribution in [0.15, 0.2) is 24.3 Å². The molecule has 0 radical (unpaired) electrons. The third-order valence-electron chi connectivity index (χ3n) is 2.21. The van der Waals surface area contributed by atoms with Crippen LogP contribution in [0.3, 0.4) is 0 Å². The summed E-state index contributed by atoms with van der Waals surface area (Å²) in [5.74, 6) is 0.589. The van der Waals surface area contributed by atoms with Crippen LogP contribution in [-0.4, -0.2) is 25.1 Å². The Kier molecular flexibility index (Phi) is 4.79. The Morgan fingerprint density at radius 3 is 2.81 bits per heavy atom. The Labute approximate surface area is 95.8 Å². The smallest absolute Gasteiger partial charge is 0.260 e. The Morgan fingerprint density at radius 1 is 1.50 bits per heavy atom. The summed E-state index contributed by atoms with van der Waals surface area (Å²) in [5.41, 5.74) is 6.31. The molecule has 1 aromatic rings. The molecule has 0 aliphatic heterocycles. The maximum atomic E-state index is 11.5. The highest BCUT2D eigenvalue weighted by Gasteiger charge is 2.14. The second-order valence-corrected chi connectivity index (χ2v) is 3.61. The zero-order chi connectivity index (χ0) is 12.0. The fraction of sp³-hybridized carbons (Fsp3) is 0.417. The molecule has 0 bridgehead atoms. The van der Waals surface area contributed by atoms with Crippen LogP contribution in [0.2, 0.25) is 0 Å². The first-order chi connectivity index (χ1) is 7.65. The second kappa shape index (κ2) is 6.12. The average Bonchev–Trinajstić information content (AvgIpc) is 2.28. The van der Waals surface area contributed by atoms with Crippen LogP contribution < -0.4 is 15.8 Å². The lowest BCUT2D eigenvalue weighted by atomic mass is 10.2. The number of nitrogens with two attached hydrogens (primary N) is 1. The first-order valence-corrected chi connectivity index (χ1v) is 5.35. The summed E-state index contributed by atoms with van der Waals surface area (Å²) in [6.45, 7) is 4.57. The standard InChI is InChI=1S/C12H18N2O2/c1-9-5-3-4-6-11(9)16-10(2)12(15)14-8-7-13/h3-6,10H,7-8,13H2,1-2H3,(H,14,15). The van der Waals surface area contributed by atoms with E-state index in [1.807, 2.05) is 31.2 Å². The van der Waals surface area contributed by atoms with Gasteiger partial charge in [0, 0.05) is 13.1 Å². The van der Waals surface area contributed by atoms with Gasteiger partial charge in [0.1, 0.15) is 5.75 Å². The number of rotatable bonds is 5. The SMILES string of the molecule is Cc1ccccc1OC(C)C(=O)NCCN. The Hall–Kier alpha value is -1.55. The summed E-state index contributed by atoms with van der Waals surface area (Å²) >= 11 is 0. The normalized spacial score (nSPS) is 11.9. The maximum absolute atomic E-state index is 11.5. The molecule has 1 rings (SSSR count). The summed E-state index contributed by atoms with van der Waals surface area (Å²) in [5, 5.41) is 2.68. The van der Waals surface area contributed by atoms with Crippen LogP contribution >= 0.6 is 0 Å². The van der Waals surface area contributed by atoms with Crippen molar-refractivity contribution in [3.8, 4) is 5.75 Å². The average molecular weight is 222 g/mol. The van der Waals surface area contributed by atoms with Crippen molar-refractivity contribution < 1.29 is 9.53 Å². The molecule has 0 saturated carbocycles. The minimum Gasteiger partial charge on any atom is -0.481 e. The van der Waals surface area contributed by atoms with Crippen LogP contribution in [0.4, 0.5) is 0 Å².